The third-order valence-corrected chi connectivity index (χ3v) is 5.97. The summed E-state index contributed by atoms with van der Waals surface area (Å²) < 4.78 is 0. The minimum Gasteiger partial charge on any atom is -0.506 e. The number of thiazole rings is 1. The maximum atomic E-state index is 10.1. The van der Waals surface area contributed by atoms with Crippen molar-refractivity contribution in [2.45, 2.75) is 0 Å². The van der Waals surface area contributed by atoms with Crippen LogP contribution >= 0.6 is 46.1 Å². The van der Waals surface area contributed by atoms with Crippen LogP contribution < -0.4 is 5.43 Å². The molecule has 3 aromatic carbocycles. The summed E-state index contributed by atoms with van der Waals surface area (Å²) in [6, 6.07) is 20.6. The summed E-state index contributed by atoms with van der Waals surface area (Å²) in [6.07, 6.45) is 1.44. The molecule has 0 spiro atoms. The molecule has 4 aromatic rings. The molecule has 150 valence electrons. The van der Waals surface area contributed by atoms with Gasteiger partial charge < -0.3 is 5.11 Å². The van der Waals surface area contributed by atoms with E-state index in [1.165, 1.54) is 23.6 Å². The lowest BCUT2D eigenvalue weighted by Crippen LogP contribution is -1.91. The van der Waals surface area contributed by atoms with Gasteiger partial charge in [0.15, 0.2) is 0 Å². The maximum Gasteiger partial charge on any atom is 0.204 e. The fourth-order valence-corrected chi connectivity index (χ4v) is 4.38. The molecule has 0 aliphatic heterocycles. The molecule has 0 saturated heterocycles. The van der Waals surface area contributed by atoms with Gasteiger partial charge in [-0.05, 0) is 29.8 Å². The van der Waals surface area contributed by atoms with Crippen molar-refractivity contribution in [3.05, 3.63) is 87.4 Å². The zero-order valence-electron chi connectivity index (χ0n) is 15.3. The number of nitrogens with zero attached hydrogens (tertiary/aromatic N) is 2. The number of benzene rings is 3. The molecule has 0 unspecified atom stereocenters. The largest absolute Gasteiger partial charge is 0.506 e. The normalized spacial score (nSPS) is 11.2. The molecular formula is C22H14Cl3N3OS. The zero-order valence-corrected chi connectivity index (χ0v) is 18.4. The highest BCUT2D eigenvalue weighted by Crippen LogP contribution is 2.39. The van der Waals surface area contributed by atoms with Gasteiger partial charge in [0.2, 0.25) is 5.13 Å². The van der Waals surface area contributed by atoms with Crippen molar-refractivity contribution in [1.29, 1.82) is 0 Å². The number of rotatable bonds is 5. The van der Waals surface area contributed by atoms with Gasteiger partial charge in [-0.3, -0.25) is 5.43 Å². The summed E-state index contributed by atoms with van der Waals surface area (Å²) >= 11 is 19.4. The van der Waals surface area contributed by atoms with Crippen LogP contribution in [0.1, 0.15) is 5.56 Å². The number of aromatic hydroxyl groups is 1. The molecule has 30 heavy (non-hydrogen) atoms. The second kappa shape index (κ2) is 9.06. The molecule has 8 heteroatoms. The van der Waals surface area contributed by atoms with Crippen LogP contribution in [0.2, 0.25) is 15.1 Å². The average Bonchev–Trinajstić information content (AvgIpc) is 3.17. The van der Waals surface area contributed by atoms with Crippen LogP contribution in [0, 0.1) is 0 Å². The number of aromatic nitrogens is 1. The third kappa shape index (κ3) is 4.60. The van der Waals surface area contributed by atoms with Gasteiger partial charge in [0.05, 0.1) is 21.8 Å². The number of phenols is 1. The molecule has 0 radical (unpaired) electrons. The number of anilines is 1. The van der Waals surface area contributed by atoms with Crippen LogP contribution in [0.4, 0.5) is 5.13 Å². The van der Waals surface area contributed by atoms with Crippen LogP contribution in [0.3, 0.4) is 0 Å². The smallest absolute Gasteiger partial charge is 0.204 e. The lowest BCUT2D eigenvalue weighted by Gasteiger charge is -2.02. The van der Waals surface area contributed by atoms with Crippen molar-refractivity contribution < 1.29 is 5.11 Å². The molecule has 0 atom stereocenters. The molecule has 4 rings (SSSR count). The fourth-order valence-electron chi connectivity index (χ4n) is 2.80. The lowest BCUT2D eigenvalue weighted by atomic mass is 10.1. The summed E-state index contributed by atoms with van der Waals surface area (Å²) in [5.74, 6) is -0.0856. The fraction of sp³-hybridized carbons (Fsp3) is 0. The highest BCUT2D eigenvalue weighted by Gasteiger charge is 2.15. The molecule has 0 bridgehead atoms. The van der Waals surface area contributed by atoms with Crippen molar-refractivity contribution in [3.63, 3.8) is 0 Å². The van der Waals surface area contributed by atoms with Crippen molar-refractivity contribution in [3.8, 4) is 27.4 Å². The minimum atomic E-state index is -0.0856. The quantitative estimate of drug-likeness (QED) is 0.231. The zero-order chi connectivity index (χ0) is 21.1. The first-order valence-corrected chi connectivity index (χ1v) is 10.8. The van der Waals surface area contributed by atoms with E-state index in [1.54, 1.807) is 6.07 Å². The first-order chi connectivity index (χ1) is 14.5. The lowest BCUT2D eigenvalue weighted by molar-refractivity contribution is 0.475. The van der Waals surface area contributed by atoms with Gasteiger partial charge in [-0.25, -0.2) is 4.98 Å². The summed E-state index contributed by atoms with van der Waals surface area (Å²) in [6.45, 7) is 0. The first-order valence-electron chi connectivity index (χ1n) is 8.80. The first kappa shape index (κ1) is 20.7. The number of hydrogen-bond donors (Lipinski definition) is 2. The van der Waals surface area contributed by atoms with Gasteiger partial charge in [-0.1, -0.05) is 88.6 Å². The van der Waals surface area contributed by atoms with E-state index < -0.39 is 0 Å². The second-order valence-corrected chi connectivity index (χ2v) is 8.54. The Bertz CT molecular complexity index is 1210. The van der Waals surface area contributed by atoms with E-state index in [9.17, 15) is 5.11 Å². The third-order valence-electron chi connectivity index (χ3n) is 4.20. The summed E-state index contributed by atoms with van der Waals surface area (Å²) in [5.41, 5.74) is 6.17. The van der Waals surface area contributed by atoms with Gasteiger partial charge in [0, 0.05) is 21.2 Å². The highest BCUT2D eigenvalue weighted by molar-refractivity contribution is 7.19. The van der Waals surface area contributed by atoms with Crippen LogP contribution in [0.15, 0.2) is 71.8 Å². The number of hydrazone groups is 1. The molecule has 1 heterocycles. The van der Waals surface area contributed by atoms with Crippen molar-refractivity contribution in [2.75, 3.05) is 5.43 Å². The maximum absolute atomic E-state index is 10.1. The van der Waals surface area contributed by atoms with Gasteiger partial charge in [-0.15, -0.1) is 0 Å². The minimum absolute atomic E-state index is 0.0856. The monoisotopic (exact) mass is 473 g/mol. The van der Waals surface area contributed by atoms with Crippen LogP contribution in [-0.4, -0.2) is 16.3 Å². The number of halogens is 3. The van der Waals surface area contributed by atoms with Crippen molar-refractivity contribution >= 4 is 57.5 Å². The molecule has 2 N–H and O–H groups in total. The summed E-state index contributed by atoms with van der Waals surface area (Å²) in [4.78, 5) is 5.70. The standard InChI is InChI=1S/C22H14Cl3N3OS/c23-16-8-6-14(7-9-16)21-19(13-4-2-1-3-5-13)27-22(30-21)28-26-12-15-10-17(24)11-18(25)20(15)29/h1-12,29H,(H,27,28)/b26-12-. The second-order valence-electron chi connectivity index (χ2n) is 6.27. The van der Waals surface area contributed by atoms with Gasteiger partial charge in [0.1, 0.15) is 5.75 Å². The topological polar surface area (TPSA) is 57.5 Å². The predicted molar refractivity (Wildman–Crippen MR) is 127 cm³/mol. The van der Waals surface area contributed by atoms with Crippen LogP contribution in [0.5, 0.6) is 5.75 Å². The molecule has 0 fully saturated rings. The summed E-state index contributed by atoms with van der Waals surface area (Å²) in [5, 5.41) is 16.1. The summed E-state index contributed by atoms with van der Waals surface area (Å²) in [7, 11) is 0. The molecule has 0 saturated carbocycles. The Morgan fingerprint density at radius 1 is 0.900 bits per heavy atom. The Balaban J connectivity index is 1.67. The van der Waals surface area contributed by atoms with E-state index in [2.05, 4.69) is 10.5 Å². The van der Waals surface area contributed by atoms with Gasteiger partial charge in [0.25, 0.3) is 0 Å². The molecule has 0 amide bonds. The SMILES string of the molecule is Oc1c(Cl)cc(Cl)cc1/C=N\Nc1nc(-c2ccccc2)c(-c2ccc(Cl)cc2)s1. The Morgan fingerprint density at radius 2 is 1.63 bits per heavy atom. The Morgan fingerprint density at radius 3 is 2.37 bits per heavy atom. The Kier molecular flexibility index (Phi) is 6.25. The molecular weight excluding hydrogens is 461 g/mol. The Hall–Kier alpha value is -2.57. The number of nitrogens with one attached hydrogen (secondary N) is 1. The molecule has 4 nitrogen and oxygen atoms in total. The average molecular weight is 475 g/mol. The molecule has 1 aromatic heterocycles. The van der Waals surface area contributed by atoms with Gasteiger partial charge in [-0.2, -0.15) is 5.10 Å². The molecule has 0 aliphatic rings. The van der Waals surface area contributed by atoms with E-state index in [0.29, 0.717) is 20.7 Å². The highest BCUT2D eigenvalue weighted by atomic mass is 35.5. The van der Waals surface area contributed by atoms with E-state index in [-0.39, 0.29) is 10.8 Å². The van der Waals surface area contributed by atoms with Crippen LogP contribution in [0.25, 0.3) is 21.7 Å². The van der Waals surface area contributed by atoms with Crippen molar-refractivity contribution in [2.24, 2.45) is 5.10 Å². The van der Waals surface area contributed by atoms with Crippen LogP contribution in [-0.2, 0) is 0 Å². The molecule has 0 aliphatic carbocycles. The van der Waals surface area contributed by atoms with E-state index in [4.69, 9.17) is 39.8 Å². The van der Waals surface area contributed by atoms with E-state index in [0.717, 1.165) is 21.7 Å². The number of phenolic OH excluding ortho intramolecular Hbond substituents is 1. The van der Waals surface area contributed by atoms with Crippen molar-refractivity contribution in [1.82, 2.24) is 4.98 Å². The predicted octanol–water partition coefficient (Wildman–Crippen LogP) is 7.59. The number of hydrogen-bond acceptors (Lipinski definition) is 5. The van der Waals surface area contributed by atoms with E-state index >= 15 is 0 Å². The van der Waals surface area contributed by atoms with Gasteiger partial charge >= 0.3 is 0 Å². The van der Waals surface area contributed by atoms with E-state index in [1.807, 2.05) is 54.6 Å². The Labute approximate surface area is 192 Å².